The van der Waals surface area contributed by atoms with Crippen molar-refractivity contribution in [3.05, 3.63) is 76.8 Å². The molecule has 0 bridgehead atoms. The average molecular weight is 452 g/mol. The zero-order valence-corrected chi connectivity index (χ0v) is 19.6. The Hall–Kier alpha value is -3.38. The fraction of sp³-hybridized carbons (Fsp3) is 0.240. The number of hydrogen-bond donors (Lipinski definition) is 0. The van der Waals surface area contributed by atoms with Gasteiger partial charge in [-0.25, -0.2) is 4.79 Å². The third kappa shape index (κ3) is 3.71. The monoisotopic (exact) mass is 451 g/mol. The Morgan fingerprint density at radius 2 is 1.50 bits per heavy atom. The molecule has 0 saturated carbocycles. The van der Waals surface area contributed by atoms with E-state index >= 15 is 0 Å². The number of urea groups is 1. The lowest BCUT2D eigenvalue weighted by atomic mass is 9.92. The Kier molecular flexibility index (Phi) is 5.89. The van der Waals surface area contributed by atoms with E-state index in [0.29, 0.717) is 16.5 Å². The van der Waals surface area contributed by atoms with Gasteiger partial charge in [-0.1, -0.05) is 23.7 Å². The van der Waals surface area contributed by atoms with Crippen LogP contribution in [0.15, 0.2) is 60.7 Å². The smallest absolute Gasteiger partial charge is 0.329 e. The van der Waals surface area contributed by atoms with E-state index in [4.69, 9.17) is 21.1 Å². The molecule has 0 saturated heterocycles. The summed E-state index contributed by atoms with van der Waals surface area (Å²) < 4.78 is 11.1. The van der Waals surface area contributed by atoms with Crippen LogP contribution in [0.4, 0.5) is 21.9 Å². The second-order valence-corrected chi connectivity index (χ2v) is 8.28. The van der Waals surface area contributed by atoms with Crippen molar-refractivity contribution >= 4 is 34.7 Å². The molecule has 1 unspecified atom stereocenters. The third-order valence-corrected chi connectivity index (χ3v) is 6.02. The van der Waals surface area contributed by atoms with Crippen molar-refractivity contribution in [1.82, 2.24) is 0 Å². The van der Waals surface area contributed by atoms with Gasteiger partial charge in [-0.05, 0) is 48.0 Å². The molecule has 0 spiro atoms. The van der Waals surface area contributed by atoms with Gasteiger partial charge >= 0.3 is 6.03 Å². The van der Waals surface area contributed by atoms with Gasteiger partial charge in [0, 0.05) is 49.2 Å². The quantitative estimate of drug-likeness (QED) is 0.507. The lowest BCUT2D eigenvalue weighted by Crippen LogP contribution is -2.48. The van der Waals surface area contributed by atoms with Crippen LogP contribution in [0.25, 0.3) is 0 Å². The number of benzene rings is 3. The summed E-state index contributed by atoms with van der Waals surface area (Å²) in [5, 5.41) is 0.641. The van der Waals surface area contributed by atoms with Crippen LogP contribution in [-0.4, -0.2) is 41.4 Å². The minimum absolute atomic E-state index is 0.137. The van der Waals surface area contributed by atoms with E-state index in [-0.39, 0.29) is 12.1 Å². The average Bonchev–Trinajstić information content (AvgIpc) is 2.81. The summed E-state index contributed by atoms with van der Waals surface area (Å²) in [6.07, 6.45) is 0. The highest BCUT2D eigenvalue weighted by Gasteiger charge is 2.39. The van der Waals surface area contributed by atoms with Crippen molar-refractivity contribution in [3.8, 4) is 11.5 Å². The van der Waals surface area contributed by atoms with Crippen LogP contribution in [0, 0.1) is 0 Å². The van der Waals surface area contributed by atoms with Gasteiger partial charge in [-0.15, -0.1) is 0 Å². The maximum absolute atomic E-state index is 13.7. The Morgan fingerprint density at radius 1 is 0.906 bits per heavy atom. The number of carbonyl (C=O) groups excluding carboxylic acids is 1. The van der Waals surface area contributed by atoms with E-state index in [1.807, 2.05) is 79.7 Å². The summed E-state index contributed by atoms with van der Waals surface area (Å²) in [5.74, 6) is 1.18. The number of methoxy groups -OCH3 is 2. The van der Waals surface area contributed by atoms with Crippen LogP contribution in [0.3, 0.4) is 0 Å². The minimum Gasteiger partial charge on any atom is -0.493 e. The van der Waals surface area contributed by atoms with E-state index in [2.05, 4.69) is 0 Å². The van der Waals surface area contributed by atoms with Crippen LogP contribution in [0.5, 0.6) is 11.5 Å². The highest BCUT2D eigenvalue weighted by molar-refractivity contribution is 6.30. The fourth-order valence-corrected chi connectivity index (χ4v) is 4.18. The van der Waals surface area contributed by atoms with Crippen LogP contribution in [-0.2, 0) is 0 Å². The molecule has 1 aliphatic rings. The van der Waals surface area contributed by atoms with Crippen molar-refractivity contribution in [2.24, 2.45) is 0 Å². The normalized spacial score (nSPS) is 15.4. The molecular weight excluding hydrogens is 426 g/mol. The van der Waals surface area contributed by atoms with E-state index in [1.54, 1.807) is 31.1 Å². The molecule has 0 radical (unpaired) electrons. The molecule has 0 aromatic heterocycles. The number of anilines is 3. The first-order valence-electron chi connectivity index (χ1n) is 10.2. The second kappa shape index (κ2) is 8.63. The molecule has 1 aliphatic heterocycles. The summed E-state index contributed by atoms with van der Waals surface area (Å²) in [7, 11) is 8.94. The predicted molar refractivity (Wildman–Crippen MR) is 130 cm³/mol. The van der Waals surface area contributed by atoms with Gasteiger partial charge in [-0.3, -0.25) is 9.80 Å². The van der Waals surface area contributed by atoms with Crippen LogP contribution < -0.4 is 24.2 Å². The number of hydrogen-bond acceptors (Lipinski definition) is 4. The first kappa shape index (κ1) is 21.8. The van der Waals surface area contributed by atoms with Gasteiger partial charge in [0.25, 0.3) is 0 Å². The van der Waals surface area contributed by atoms with E-state index < -0.39 is 0 Å². The fourth-order valence-electron chi connectivity index (χ4n) is 4.05. The molecule has 1 atom stereocenters. The zero-order valence-electron chi connectivity index (χ0n) is 18.8. The van der Waals surface area contributed by atoms with Gasteiger partial charge in [0.05, 0.1) is 25.9 Å². The molecule has 3 aromatic carbocycles. The highest BCUT2D eigenvalue weighted by atomic mass is 35.5. The van der Waals surface area contributed by atoms with Crippen molar-refractivity contribution < 1.29 is 14.3 Å². The Labute approximate surface area is 193 Å². The number of rotatable bonds is 5. The molecule has 7 heteroatoms. The number of amides is 2. The summed E-state index contributed by atoms with van der Waals surface area (Å²) in [6, 6.07) is 18.8. The van der Waals surface area contributed by atoms with E-state index in [0.717, 1.165) is 28.2 Å². The predicted octanol–water partition coefficient (Wildman–Crippen LogP) is 5.59. The Morgan fingerprint density at radius 3 is 2.06 bits per heavy atom. The van der Waals surface area contributed by atoms with Crippen LogP contribution in [0.1, 0.15) is 17.2 Å². The minimum atomic E-state index is -0.365. The van der Waals surface area contributed by atoms with Crippen molar-refractivity contribution in [3.63, 3.8) is 0 Å². The first-order chi connectivity index (χ1) is 15.3. The summed E-state index contributed by atoms with van der Waals surface area (Å²) in [4.78, 5) is 19.1. The lowest BCUT2D eigenvalue weighted by molar-refractivity contribution is 0.250. The molecule has 0 fully saturated rings. The molecule has 32 heavy (non-hydrogen) atoms. The van der Waals surface area contributed by atoms with E-state index in [9.17, 15) is 4.79 Å². The van der Waals surface area contributed by atoms with Gasteiger partial charge in [0.15, 0.2) is 11.5 Å². The Balaban J connectivity index is 1.94. The molecule has 2 amide bonds. The summed E-state index contributed by atoms with van der Waals surface area (Å²) >= 11 is 6.16. The van der Waals surface area contributed by atoms with Crippen LogP contribution >= 0.6 is 11.6 Å². The third-order valence-electron chi connectivity index (χ3n) is 5.77. The molecule has 6 nitrogen and oxygen atoms in total. The van der Waals surface area contributed by atoms with Gasteiger partial charge < -0.3 is 14.4 Å². The first-order valence-corrected chi connectivity index (χ1v) is 10.6. The number of fused-ring (bicyclic) bond motifs is 1. The topological polar surface area (TPSA) is 45.3 Å². The second-order valence-electron chi connectivity index (χ2n) is 7.84. The molecule has 1 heterocycles. The van der Waals surface area contributed by atoms with Gasteiger partial charge in [0.2, 0.25) is 0 Å². The Bertz CT molecular complexity index is 1130. The van der Waals surface area contributed by atoms with Crippen molar-refractivity contribution in [1.29, 1.82) is 0 Å². The van der Waals surface area contributed by atoms with Crippen LogP contribution in [0.2, 0.25) is 5.02 Å². The molecular formula is C25H26ClN3O3. The maximum atomic E-state index is 13.7. The van der Waals surface area contributed by atoms with Crippen molar-refractivity contribution in [2.45, 2.75) is 6.04 Å². The van der Waals surface area contributed by atoms with Gasteiger partial charge in [-0.2, -0.15) is 0 Å². The standard InChI is InChI=1S/C25H26ClN3O3/c1-27(2)18-10-12-19(13-11-18)29-24(16-6-8-17(26)9-7-16)20-14-22(31-4)23(32-5)15-21(20)28(3)25(29)30/h6-15,24H,1-5H3. The number of carbonyl (C=O) groups is 1. The zero-order chi connectivity index (χ0) is 23.0. The summed E-state index contributed by atoms with van der Waals surface area (Å²) in [5.41, 5.74) is 4.51. The maximum Gasteiger partial charge on any atom is 0.329 e. The van der Waals surface area contributed by atoms with Crippen molar-refractivity contribution in [2.75, 3.05) is 50.1 Å². The number of ether oxygens (including phenoxy) is 2. The molecule has 3 aromatic rings. The lowest BCUT2D eigenvalue weighted by Gasteiger charge is -2.42. The number of nitrogens with zero attached hydrogens (tertiary/aromatic N) is 3. The summed E-state index contributed by atoms with van der Waals surface area (Å²) in [6.45, 7) is 0. The molecule has 4 rings (SSSR count). The van der Waals surface area contributed by atoms with E-state index in [1.165, 1.54) is 0 Å². The molecule has 166 valence electrons. The largest absolute Gasteiger partial charge is 0.493 e. The molecule has 0 aliphatic carbocycles. The van der Waals surface area contributed by atoms with Gasteiger partial charge in [0.1, 0.15) is 0 Å². The molecule has 0 N–H and O–H groups in total. The SMILES string of the molecule is COc1cc2c(cc1OC)N(C)C(=O)N(c1ccc(N(C)C)cc1)C2c1ccc(Cl)cc1. The number of halogens is 1. The highest BCUT2D eigenvalue weighted by Crippen LogP contribution is 2.47.